The number of hydrogen-bond acceptors (Lipinski definition) is 5. The summed E-state index contributed by atoms with van der Waals surface area (Å²) < 4.78 is 0. The smallest absolute Gasteiger partial charge is 0.191 e. The maximum atomic E-state index is 6.01. The third-order valence-corrected chi connectivity index (χ3v) is 4.51. The van der Waals surface area contributed by atoms with Crippen molar-refractivity contribution in [1.82, 2.24) is 15.0 Å². The van der Waals surface area contributed by atoms with E-state index < -0.39 is 5.72 Å². The minimum atomic E-state index is -0.419. The van der Waals surface area contributed by atoms with Gasteiger partial charge in [0.1, 0.15) is 12.2 Å². The molecular formula is C17H18N4O. The zero-order valence-corrected chi connectivity index (χ0v) is 12.8. The van der Waals surface area contributed by atoms with E-state index in [0.29, 0.717) is 0 Å². The molecule has 2 aliphatic rings. The summed E-state index contributed by atoms with van der Waals surface area (Å²) >= 11 is 0. The lowest BCUT2D eigenvalue weighted by molar-refractivity contribution is -0.171. The Bertz CT molecular complexity index is 744. The highest BCUT2D eigenvalue weighted by Gasteiger charge is 2.41. The van der Waals surface area contributed by atoms with E-state index in [2.05, 4.69) is 28.2 Å². The first kappa shape index (κ1) is 13.4. The molecule has 1 aromatic heterocycles. The molecule has 0 fully saturated rings. The summed E-state index contributed by atoms with van der Waals surface area (Å²) in [5.74, 6) is 0.941. The van der Waals surface area contributed by atoms with Gasteiger partial charge in [0, 0.05) is 37.8 Å². The molecule has 1 aromatic carbocycles. The van der Waals surface area contributed by atoms with Crippen LogP contribution in [0.2, 0.25) is 0 Å². The van der Waals surface area contributed by atoms with Crippen LogP contribution in [-0.2, 0) is 17.7 Å². The van der Waals surface area contributed by atoms with Crippen molar-refractivity contribution in [2.75, 3.05) is 7.05 Å². The van der Waals surface area contributed by atoms with E-state index in [0.717, 1.165) is 30.7 Å². The Morgan fingerprint density at radius 1 is 1.23 bits per heavy atom. The number of hydrogen-bond donors (Lipinski definition) is 0. The van der Waals surface area contributed by atoms with Gasteiger partial charge in [-0.2, -0.15) is 0 Å². The van der Waals surface area contributed by atoms with Gasteiger partial charge in [-0.15, -0.1) is 0 Å². The van der Waals surface area contributed by atoms with Crippen molar-refractivity contribution in [3.63, 3.8) is 0 Å². The van der Waals surface area contributed by atoms with Gasteiger partial charge in [0.2, 0.25) is 0 Å². The van der Waals surface area contributed by atoms with Crippen molar-refractivity contribution in [3.8, 4) is 11.1 Å². The third kappa shape index (κ3) is 2.09. The second-order valence-electron chi connectivity index (χ2n) is 5.94. The number of amidine groups is 1. The van der Waals surface area contributed by atoms with Crippen LogP contribution in [0.1, 0.15) is 24.5 Å². The van der Waals surface area contributed by atoms with Gasteiger partial charge in [0.25, 0.3) is 0 Å². The van der Waals surface area contributed by atoms with E-state index in [-0.39, 0.29) is 0 Å². The molecule has 4 rings (SSSR count). The van der Waals surface area contributed by atoms with E-state index >= 15 is 0 Å². The molecule has 0 bridgehead atoms. The van der Waals surface area contributed by atoms with Gasteiger partial charge in [0.15, 0.2) is 5.72 Å². The normalized spacial score (nSPS) is 23.5. The van der Waals surface area contributed by atoms with Gasteiger partial charge in [-0.3, -0.25) is 0 Å². The molecule has 0 N–H and O–H groups in total. The van der Waals surface area contributed by atoms with Gasteiger partial charge in [-0.05, 0) is 30.0 Å². The fourth-order valence-corrected chi connectivity index (χ4v) is 3.39. The molecule has 112 valence electrons. The Kier molecular flexibility index (Phi) is 2.97. The van der Waals surface area contributed by atoms with Crippen molar-refractivity contribution >= 4 is 5.84 Å². The molecule has 2 heterocycles. The first-order chi connectivity index (χ1) is 10.7. The average Bonchev–Trinajstić information content (AvgIpc) is 2.81. The number of fused-ring (bicyclic) bond motifs is 1. The average molecular weight is 294 g/mol. The number of nitrogens with zero attached hydrogens (tertiary/aromatic N) is 4. The molecule has 0 radical (unpaired) electrons. The fourth-order valence-electron chi connectivity index (χ4n) is 3.39. The summed E-state index contributed by atoms with van der Waals surface area (Å²) in [7, 11) is 1.92. The zero-order chi connectivity index (χ0) is 15.2. The Morgan fingerprint density at radius 3 is 2.77 bits per heavy atom. The third-order valence-electron chi connectivity index (χ3n) is 4.51. The highest BCUT2D eigenvalue weighted by Crippen LogP contribution is 2.39. The van der Waals surface area contributed by atoms with Crippen LogP contribution in [0.5, 0.6) is 0 Å². The molecular weight excluding hydrogens is 276 g/mol. The standard InChI is InChI=1S/C17H18N4O/c1-12-20-17(22-21(12)2)7-6-16-13(8-17)4-3-5-15(16)14-9-18-11-19-10-14/h3-5,9-11H,6-8H2,1-2H3. The summed E-state index contributed by atoms with van der Waals surface area (Å²) in [6.45, 7) is 1.99. The van der Waals surface area contributed by atoms with Crippen molar-refractivity contribution in [3.05, 3.63) is 48.0 Å². The molecule has 0 saturated heterocycles. The Balaban J connectivity index is 1.74. The van der Waals surface area contributed by atoms with Crippen LogP contribution < -0.4 is 0 Å². The van der Waals surface area contributed by atoms with Gasteiger partial charge in [-0.1, -0.05) is 18.2 Å². The van der Waals surface area contributed by atoms with E-state index in [4.69, 9.17) is 9.83 Å². The molecule has 0 saturated carbocycles. The second kappa shape index (κ2) is 4.88. The van der Waals surface area contributed by atoms with Gasteiger partial charge < -0.3 is 0 Å². The first-order valence-electron chi connectivity index (χ1n) is 7.52. The van der Waals surface area contributed by atoms with Crippen LogP contribution in [0.25, 0.3) is 11.1 Å². The summed E-state index contributed by atoms with van der Waals surface area (Å²) in [4.78, 5) is 19.0. The predicted molar refractivity (Wildman–Crippen MR) is 84.2 cm³/mol. The maximum absolute atomic E-state index is 6.01. The fraction of sp³-hybridized carbons (Fsp3) is 0.353. The molecule has 1 aliphatic heterocycles. The van der Waals surface area contributed by atoms with Gasteiger partial charge >= 0.3 is 0 Å². The molecule has 5 heteroatoms. The number of benzene rings is 1. The second-order valence-corrected chi connectivity index (χ2v) is 5.94. The minimum absolute atomic E-state index is 0.419. The largest absolute Gasteiger partial charge is 0.244 e. The zero-order valence-electron chi connectivity index (χ0n) is 12.8. The van der Waals surface area contributed by atoms with Crippen molar-refractivity contribution in [2.45, 2.75) is 31.9 Å². The van der Waals surface area contributed by atoms with Crippen molar-refractivity contribution < 1.29 is 4.84 Å². The van der Waals surface area contributed by atoms with Crippen LogP contribution >= 0.6 is 0 Å². The van der Waals surface area contributed by atoms with E-state index in [1.54, 1.807) is 11.4 Å². The molecule has 1 atom stereocenters. The molecule has 1 spiro atoms. The summed E-state index contributed by atoms with van der Waals surface area (Å²) in [6, 6.07) is 6.41. The Labute approximate surface area is 129 Å². The van der Waals surface area contributed by atoms with E-state index in [1.807, 2.05) is 26.4 Å². The number of aliphatic imine (C=N–C) groups is 1. The minimum Gasteiger partial charge on any atom is -0.244 e. The monoisotopic (exact) mass is 294 g/mol. The Morgan fingerprint density at radius 2 is 2.05 bits per heavy atom. The number of rotatable bonds is 1. The SMILES string of the molecule is CC1=NC2(CCc3c(cccc3-c3cncnc3)C2)ON1C. The first-order valence-corrected chi connectivity index (χ1v) is 7.52. The highest BCUT2D eigenvalue weighted by molar-refractivity contribution is 5.80. The molecule has 2 aromatic rings. The quantitative estimate of drug-likeness (QED) is 0.811. The van der Waals surface area contributed by atoms with Crippen LogP contribution in [0, 0.1) is 0 Å². The van der Waals surface area contributed by atoms with Crippen LogP contribution in [0.3, 0.4) is 0 Å². The lowest BCUT2D eigenvalue weighted by Gasteiger charge is -2.32. The van der Waals surface area contributed by atoms with Crippen molar-refractivity contribution in [2.24, 2.45) is 4.99 Å². The van der Waals surface area contributed by atoms with Gasteiger partial charge in [0.05, 0.1) is 0 Å². The van der Waals surface area contributed by atoms with Crippen LogP contribution in [-0.4, -0.2) is 33.6 Å². The van der Waals surface area contributed by atoms with Crippen molar-refractivity contribution in [1.29, 1.82) is 0 Å². The lowest BCUT2D eigenvalue weighted by Crippen LogP contribution is -2.37. The predicted octanol–water partition coefficient (Wildman–Crippen LogP) is 2.62. The molecule has 1 unspecified atom stereocenters. The topological polar surface area (TPSA) is 50.6 Å². The maximum Gasteiger partial charge on any atom is 0.191 e. The summed E-state index contributed by atoms with van der Waals surface area (Å²) in [5.41, 5.74) is 4.55. The molecule has 0 amide bonds. The molecule has 5 nitrogen and oxygen atoms in total. The lowest BCUT2D eigenvalue weighted by atomic mass is 9.82. The number of hydroxylamine groups is 2. The van der Waals surface area contributed by atoms with E-state index in [1.165, 1.54) is 16.7 Å². The molecule has 1 aliphatic carbocycles. The number of aromatic nitrogens is 2. The molecule has 22 heavy (non-hydrogen) atoms. The van der Waals surface area contributed by atoms with Crippen LogP contribution in [0.15, 0.2) is 41.9 Å². The summed E-state index contributed by atoms with van der Waals surface area (Å²) in [5, 5.41) is 1.78. The summed E-state index contributed by atoms with van der Waals surface area (Å²) in [6.07, 6.45) is 7.96. The van der Waals surface area contributed by atoms with Crippen LogP contribution in [0.4, 0.5) is 0 Å². The Hall–Kier alpha value is -2.27. The van der Waals surface area contributed by atoms with Gasteiger partial charge in [-0.25, -0.2) is 24.9 Å². The highest BCUT2D eigenvalue weighted by atomic mass is 16.7. The van der Waals surface area contributed by atoms with E-state index in [9.17, 15) is 0 Å².